The second-order valence-electron chi connectivity index (χ2n) is 5.96. The highest BCUT2D eigenvalue weighted by molar-refractivity contribution is 5.91. The second kappa shape index (κ2) is 5.58. The average Bonchev–Trinajstić information content (AvgIpc) is 2.95. The molecular formula is C15H23N3O2. The van der Waals surface area contributed by atoms with E-state index in [1.54, 1.807) is 12.1 Å². The molecule has 0 bridgehead atoms. The number of fused-ring (bicyclic) bond motifs is 1. The molecule has 0 spiro atoms. The molecule has 110 valence electrons. The minimum absolute atomic E-state index is 0.0105. The lowest BCUT2D eigenvalue weighted by Crippen LogP contribution is -2.53. The minimum Gasteiger partial charge on any atom is -0.455 e. The number of hydrogen-bond acceptors (Lipinski definition) is 4. The standard InChI is InChI=1S/C15H23N3O2/c1-17-7-2-3-11-10-18(8-6-13(11)17)15(19)14-5-4-12(9-16)20-14/h4-5,11,13H,2-3,6-10,16H2,1H3. The van der Waals surface area contributed by atoms with Crippen LogP contribution in [0.3, 0.4) is 0 Å². The van der Waals surface area contributed by atoms with Crippen LogP contribution in [-0.2, 0) is 6.54 Å². The predicted molar refractivity (Wildman–Crippen MR) is 76.3 cm³/mol. The number of hydrogen-bond donors (Lipinski definition) is 1. The normalized spacial score (nSPS) is 27.4. The van der Waals surface area contributed by atoms with Gasteiger partial charge in [0.2, 0.25) is 0 Å². The Hall–Kier alpha value is -1.33. The van der Waals surface area contributed by atoms with E-state index in [1.165, 1.54) is 19.4 Å². The van der Waals surface area contributed by atoms with Crippen LogP contribution in [0.15, 0.2) is 16.5 Å². The largest absolute Gasteiger partial charge is 0.455 e. The first-order valence-corrected chi connectivity index (χ1v) is 7.47. The zero-order chi connectivity index (χ0) is 14.1. The Balaban J connectivity index is 1.68. The van der Waals surface area contributed by atoms with E-state index >= 15 is 0 Å². The molecule has 1 aromatic heterocycles. The third-order valence-corrected chi connectivity index (χ3v) is 4.71. The summed E-state index contributed by atoms with van der Waals surface area (Å²) in [5, 5.41) is 0. The lowest BCUT2D eigenvalue weighted by molar-refractivity contribution is 0.0297. The van der Waals surface area contributed by atoms with Gasteiger partial charge in [0, 0.05) is 19.1 Å². The van der Waals surface area contributed by atoms with Crippen molar-refractivity contribution >= 4 is 5.91 Å². The van der Waals surface area contributed by atoms with Gasteiger partial charge < -0.3 is 20.0 Å². The first-order valence-electron chi connectivity index (χ1n) is 7.47. The van der Waals surface area contributed by atoms with Crippen molar-refractivity contribution in [2.45, 2.75) is 31.8 Å². The van der Waals surface area contributed by atoms with E-state index in [0.717, 1.165) is 19.5 Å². The van der Waals surface area contributed by atoms with Crippen molar-refractivity contribution in [3.63, 3.8) is 0 Å². The van der Waals surface area contributed by atoms with Crippen molar-refractivity contribution in [1.82, 2.24) is 9.80 Å². The summed E-state index contributed by atoms with van der Waals surface area (Å²) >= 11 is 0. The van der Waals surface area contributed by atoms with Crippen LogP contribution in [0.2, 0.25) is 0 Å². The molecule has 3 rings (SSSR count). The van der Waals surface area contributed by atoms with Crippen molar-refractivity contribution < 1.29 is 9.21 Å². The van der Waals surface area contributed by atoms with Gasteiger partial charge in [-0.1, -0.05) is 0 Å². The fraction of sp³-hybridized carbons (Fsp3) is 0.667. The molecule has 5 heteroatoms. The molecule has 2 aliphatic heterocycles. The molecule has 0 aliphatic carbocycles. The highest BCUT2D eigenvalue weighted by atomic mass is 16.4. The second-order valence-corrected chi connectivity index (χ2v) is 5.96. The van der Waals surface area contributed by atoms with Crippen molar-refractivity contribution in [2.75, 3.05) is 26.7 Å². The molecule has 3 heterocycles. The number of nitrogens with two attached hydrogens (primary N) is 1. The van der Waals surface area contributed by atoms with Crippen LogP contribution >= 0.6 is 0 Å². The molecule has 5 nitrogen and oxygen atoms in total. The smallest absolute Gasteiger partial charge is 0.289 e. The summed E-state index contributed by atoms with van der Waals surface area (Å²) in [7, 11) is 2.20. The predicted octanol–water partition coefficient (Wildman–Crippen LogP) is 1.29. The fourth-order valence-electron chi connectivity index (χ4n) is 3.60. The Morgan fingerprint density at radius 2 is 2.25 bits per heavy atom. The fourth-order valence-corrected chi connectivity index (χ4v) is 3.60. The van der Waals surface area contributed by atoms with Gasteiger partial charge in [-0.15, -0.1) is 0 Å². The van der Waals surface area contributed by atoms with Gasteiger partial charge in [0.15, 0.2) is 5.76 Å². The Labute approximate surface area is 119 Å². The SMILES string of the molecule is CN1CCCC2CN(C(=O)c3ccc(CN)o3)CCC21. The molecule has 2 aliphatic rings. The van der Waals surface area contributed by atoms with E-state index in [2.05, 4.69) is 11.9 Å². The first-order chi connectivity index (χ1) is 9.69. The molecule has 0 saturated carbocycles. The van der Waals surface area contributed by atoms with Crippen LogP contribution < -0.4 is 5.73 Å². The van der Waals surface area contributed by atoms with Crippen molar-refractivity contribution in [3.8, 4) is 0 Å². The maximum atomic E-state index is 12.5. The van der Waals surface area contributed by atoms with E-state index < -0.39 is 0 Å². The number of nitrogens with zero attached hydrogens (tertiary/aromatic N) is 2. The number of furan rings is 1. The van der Waals surface area contributed by atoms with Crippen LogP contribution in [-0.4, -0.2) is 48.4 Å². The molecule has 2 unspecified atom stereocenters. The summed E-state index contributed by atoms with van der Waals surface area (Å²) < 4.78 is 5.48. The van der Waals surface area contributed by atoms with Gasteiger partial charge in [0.1, 0.15) is 5.76 Å². The van der Waals surface area contributed by atoms with Gasteiger partial charge in [0.05, 0.1) is 6.54 Å². The summed E-state index contributed by atoms with van der Waals surface area (Å²) in [6.45, 7) is 3.20. The molecule has 0 aromatic carbocycles. The lowest BCUT2D eigenvalue weighted by Gasteiger charge is -2.45. The highest BCUT2D eigenvalue weighted by Gasteiger charge is 2.36. The van der Waals surface area contributed by atoms with E-state index in [0.29, 0.717) is 30.0 Å². The van der Waals surface area contributed by atoms with Crippen molar-refractivity contribution in [2.24, 2.45) is 11.7 Å². The summed E-state index contributed by atoms with van der Waals surface area (Å²) in [6, 6.07) is 4.17. The van der Waals surface area contributed by atoms with E-state index in [9.17, 15) is 4.79 Å². The topological polar surface area (TPSA) is 62.7 Å². The average molecular weight is 277 g/mol. The molecule has 2 atom stereocenters. The van der Waals surface area contributed by atoms with Crippen molar-refractivity contribution in [3.05, 3.63) is 23.7 Å². The summed E-state index contributed by atoms with van der Waals surface area (Å²) in [6.07, 6.45) is 3.53. The van der Waals surface area contributed by atoms with Gasteiger partial charge in [0.25, 0.3) is 5.91 Å². The first kappa shape index (κ1) is 13.6. The van der Waals surface area contributed by atoms with Crippen LogP contribution in [0.4, 0.5) is 0 Å². The molecule has 1 amide bonds. The highest BCUT2D eigenvalue weighted by Crippen LogP contribution is 2.30. The van der Waals surface area contributed by atoms with Gasteiger partial charge in [-0.05, 0) is 50.9 Å². The number of carbonyl (C=O) groups is 1. The van der Waals surface area contributed by atoms with Gasteiger partial charge in [-0.3, -0.25) is 4.79 Å². The molecule has 2 saturated heterocycles. The summed E-state index contributed by atoms with van der Waals surface area (Å²) in [5.41, 5.74) is 5.52. The Morgan fingerprint density at radius 1 is 1.40 bits per heavy atom. The van der Waals surface area contributed by atoms with Crippen LogP contribution in [0, 0.1) is 5.92 Å². The summed E-state index contributed by atoms with van der Waals surface area (Å²) in [4.78, 5) is 16.9. The van der Waals surface area contributed by atoms with Crippen LogP contribution in [0.5, 0.6) is 0 Å². The van der Waals surface area contributed by atoms with Crippen molar-refractivity contribution in [1.29, 1.82) is 0 Å². The Morgan fingerprint density at radius 3 is 3.00 bits per heavy atom. The third kappa shape index (κ3) is 2.47. The molecule has 20 heavy (non-hydrogen) atoms. The van der Waals surface area contributed by atoms with E-state index in [1.807, 2.05) is 4.90 Å². The zero-order valence-corrected chi connectivity index (χ0v) is 12.0. The Bertz CT molecular complexity index is 485. The van der Waals surface area contributed by atoms with Gasteiger partial charge in [-0.2, -0.15) is 0 Å². The minimum atomic E-state index is 0.0105. The number of rotatable bonds is 2. The quantitative estimate of drug-likeness (QED) is 0.885. The summed E-state index contributed by atoms with van der Waals surface area (Å²) in [5.74, 6) is 1.71. The number of likely N-dealkylation sites (tertiary alicyclic amines) is 2. The molecule has 2 fully saturated rings. The number of piperidine rings is 2. The molecule has 1 aromatic rings. The molecular weight excluding hydrogens is 254 g/mol. The van der Waals surface area contributed by atoms with E-state index in [-0.39, 0.29) is 5.91 Å². The van der Waals surface area contributed by atoms with E-state index in [4.69, 9.17) is 10.2 Å². The maximum absolute atomic E-state index is 12.5. The van der Waals surface area contributed by atoms with Crippen LogP contribution in [0.1, 0.15) is 35.6 Å². The lowest BCUT2D eigenvalue weighted by atomic mass is 9.84. The molecule has 0 radical (unpaired) electrons. The Kier molecular flexibility index (Phi) is 3.81. The third-order valence-electron chi connectivity index (χ3n) is 4.71. The van der Waals surface area contributed by atoms with Crippen LogP contribution in [0.25, 0.3) is 0 Å². The van der Waals surface area contributed by atoms with Gasteiger partial charge >= 0.3 is 0 Å². The zero-order valence-electron chi connectivity index (χ0n) is 12.0. The van der Waals surface area contributed by atoms with Gasteiger partial charge in [-0.25, -0.2) is 0 Å². The monoisotopic (exact) mass is 277 g/mol. The molecule has 2 N–H and O–H groups in total. The number of carbonyl (C=O) groups excluding carboxylic acids is 1. The number of amides is 1. The maximum Gasteiger partial charge on any atom is 0.289 e.